The topological polar surface area (TPSA) is 86.8 Å². The average Bonchev–Trinajstić information content (AvgIpc) is 2.92. The van der Waals surface area contributed by atoms with Crippen molar-refractivity contribution in [2.45, 2.75) is 57.6 Å². The van der Waals surface area contributed by atoms with Gasteiger partial charge in [0.1, 0.15) is 12.6 Å². The van der Waals surface area contributed by atoms with E-state index in [1.54, 1.807) is 74.5 Å². The number of nitrogens with zero attached hydrogens (tertiary/aromatic N) is 2. The third-order valence-electron chi connectivity index (χ3n) is 6.55. The predicted molar refractivity (Wildman–Crippen MR) is 157 cm³/mol. The van der Waals surface area contributed by atoms with Gasteiger partial charge in [0.15, 0.2) is 0 Å². The van der Waals surface area contributed by atoms with E-state index in [2.05, 4.69) is 5.32 Å². The van der Waals surface area contributed by atoms with Crippen LogP contribution in [0, 0.1) is 6.92 Å². The second-order valence-electron chi connectivity index (χ2n) is 9.35. The first-order valence-electron chi connectivity index (χ1n) is 12.6. The van der Waals surface area contributed by atoms with Crippen molar-refractivity contribution in [2.75, 3.05) is 10.8 Å². The van der Waals surface area contributed by atoms with Crippen LogP contribution >= 0.6 is 23.2 Å². The molecule has 39 heavy (non-hydrogen) atoms. The Labute approximate surface area is 240 Å². The van der Waals surface area contributed by atoms with E-state index >= 15 is 0 Å². The monoisotopic (exact) mass is 589 g/mol. The van der Waals surface area contributed by atoms with Crippen LogP contribution < -0.4 is 9.62 Å². The number of rotatable bonds is 11. The van der Waals surface area contributed by atoms with Crippen molar-refractivity contribution in [3.63, 3.8) is 0 Å². The highest BCUT2D eigenvalue weighted by Gasteiger charge is 2.33. The lowest BCUT2D eigenvalue weighted by atomic mass is 10.1. The molecule has 0 aliphatic rings. The number of carbonyl (C=O) groups excluding carboxylic acids is 2. The minimum atomic E-state index is -4.16. The molecule has 0 aliphatic carbocycles. The molecule has 0 unspecified atom stereocenters. The van der Waals surface area contributed by atoms with Crippen molar-refractivity contribution >= 4 is 50.7 Å². The number of halogens is 2. The Hall–Kier alpha value is -3.07. The standard InChI is InChI=1S/C29H33Cl2N3O4S/c1-5-20(2)32-29(36)22(4)33(18-23-14-16-24(30)17-15-23)28(35)19-34(27-13-9-12-26(31)21(27)3)39(37,38)25-10-7-6-8-11-25/h6-17,20,22H,5,18-19H2,1-4H3,(H,32,36)/t20-,22+/m0/s1. The minimum Gasteiger partial charge on any atom is -0.352 e. The molecule has 0 aliphatic heterocycles. The quantitative estimate of drug-likeness (QED) is 0.305. The molecule has 1 N–H and O–H groups in total. The van der Waals surface area contributed by atoms with Crippen molar-refractivity contribution < 1.29 is 18.0 Å². The van der Waals surface area contributed by atoms with Crippen LogP contribution in [0.25, 0.3) is 0 Å². The molecule has 3 aromatic rings. The van der Waals surface area contributed by atoms with Gasteiger partial charge < -0.3 is 10.2 Å². The van der Waals surface area contributed by atoms with E-state index in [1.807, 2.05) is 13.8 Å². The fourth-order valence-electron chi connectivity index (χ4n) is 3.93. The van der Waals surface area contributed by atoms with E-state index in [1.165, 1.54) is 17.0 Å². The van der Waals surface area contributed by atoms with Gasteiger partial charge in [-0.25, -0.2) is 8.42 Å². The lowest BCUT2D eigenvalue weighted by Crippen LogP contribution is -2.52. The Morgan fingerprint density at radius 3 is 2.18 bits per heavy atom. The molecular formula is C29H33Cl2N3O4S. The summed E-state index contributed by atoms with van der Waals surface area (Å²) in [6.07, 6.45) is 0.723. The Kier molecular flexibility index (Phi) is 10.4. The summed E-state index contributed by atoms with van der Waals surface area (Å²) in [5.41, 5.74) is 1.54. The number of hydrogen-bond acceptors (Lipinski definition) is 4. The largest absolute Gasteiger partial charge is 0.352 e. The Morgan fingerprint density at radius 1 is 0.923 bits per heavy atom. The molecule has 0 saturated carbocycles. The van der Waals surface area contributed by atoms with Crippen LogP contribution in [-0.2, 0) is 26.2 Å². The van der Waals surface area contributed by atoms with Gasteiger partial charge in [-0.05, 0) is 74.7 Å². The summed E-state index contributed by atoms with van der Waals surface area (Å²) in [6.45, 7) is 6.71. The zero-order valence-corrected chi connectivity index (χ0v) is 24.7. The van der Waals surface area contributed by atoms with E-state index in [9.17, 15) is 18.0 Å². The fraction of sp³-hybridized carbons (Fsp3) is 0.310. The fourth-order valence-corrected chi connectivity index (χ4v) is 5.72. The van der Waals surface area contributed by atoms with Gasteiger partial charge in [0.05, 0.1) is 10.6 Å². The van der Waals surface area contributed by atoms with Crippen LogP contribution in [0.1, 0.15) is 38.3 Å². The summed E-state index contributed by atoms with van der Waals surface area (Å²) in [7, 11) is -4.16. The molecular weight excluding hydrogens is 557 g/mol. The first-order valence-corrected chi connectivity index (χ1v) is 14.8. The van der Waals surface area contributed by atoms with Crippen molar-refractivity contribution in [3.8, 4) is 0 Å². The molecule has 2 atom stereocenters. The zero-order chi connectivity index (χ0) is 28.7. The molecule has 208 valence electrons. The maximum atomic E-state index is 14.0. The van der Waals surface area contributed by atoms with E-state index < -0.39 is 28.5 Å². The van der Waals surface area contributed by atoms with Crippen LogP contribution in [0.5, 0.6) is 0 Å². The summed E-state index contributed by atoms with van der Waals surface area (Å²) < 4.78 is 28.8. The van der Waals surface area contributed by atoms with Gasteiger partial charge in [-0.3, -0.25) is 13.9 Å². The number of hydrogen-bond donors (Lipinski definition) is 1. The molecule has 0 radical (unpaired) electrons. The van der Waals surface area contributed by atoms with E-state index in [0.717, 1.165) is 16.3 Å². The molecule has 0 heterocycles. The highest BCUT2D eigenvalue weighted by molar-refractivity contribution is 7.92. The van der Waals surface area contributed by atoms with Gasteiger partial charge in [0.2, 0.25) is 11.8 Å². The molecule has 0 bridgehead atoms. The summed E-state index contributed by atoms with van der Waals surface area (Å²) in [4.78, 5) is 28.5. The number of carbonyl (C=O) groups is 2. The van der Waals surface area contributed by atoms with Gasteiger partial charge in [-0.2, -0.15) is 0 Å². The second-order valence-corrected chi connectivity index (χ2v) is 12.1. The first kappa shape index (κ1) is 30.5. The van der Waals surface area contributed by atoms with Crippen molar-refractivity contribution in [1.82, 2.24) is 10.2 Å². The molecule has 0 saturated heterocycles. The Morgan fingerprint density at radius 2 is 1.56 bits per heavy atom. The summed E-state index contributed by atoms with van der Waals surface area (Å²) in [6, 6.07) is 18.8. The Bertz CT molecular complexity index is 1400. The van der Waals surface area contributed by atoms with Crippen LogP contribution in [-0.4, -0.2) is 43.8 Å². The van der Waals surface area contributed by atoms with Crippen LogP contribution in [0.15, 0.2) is 77.7 Å². The summed E-state index contributed by atoms with van der Waals surface area (Å²) in [5.74, 6) is -0.876. The average molecular weight is 591 g/mol. The number of amides is 2. The van der Waals surface area contributed by atoms with Gasteiger partial charge in [-0.1, -0.05) is 66.5 Å². The molecule has 7 nitrogen and oxygen atoms in total. The van der Waals surface area contributed by atoms with Gasteiger partial charge in [0.25, 0.3) is 10.0 Å². The maximum absolute atomic E-state index is 14.0. The lowest BCUT2D eigenvalue weighted by Gasteiger charge is -2.33. The lowest BCUT2D eigenvalue weighted by molar-refractivity contribution is -0.139. The number of sulfonamides is 1. The minimum absolute atomic E-state index is 0.0315. The highest BCUT2D eigenvalue weighted by atomic mass is 35.5. The van der Waals surface area contributed by atoms with Gasteiger partial charge >= 0.3 is 0 Å². The van der Waals surface area contributed by atoms with Crippen LogP contribution in [0.3, 0.4) is 0 Å². The molecule has 3 rings (SSSR count). The third kappa shape index (κ3) is 7.53. The number of benzene rings is 3. The molecule has 10 heteroatoms. The molecule has 0 aromatic heterocycles. The second kappa shape index (κ2) is 13.3. The van der Waals surface area contributed by atoms with Gasteiger partial charge in [0, 0.05) is 22.6 Å². The van der Waals surface area contributed by atoms with E-state index in [-0.39, 0.29) is 29.1 Å². The normalized spacial score (nSPS) is 12.9. The van der Waals surface area contributed by atoms with Gasteiger partial charge in [-0.15, -0.1) is 0 Å². The number of anilines is 1. The Balaban J connectivity index is 2.05. The molecule has 3 aromatic carbocycles. The number of nitrogens with one attached hydrogen (secondary N) is 1. The third-order valence-corrected chi connectivity index (χ3v) is 8.99. The first-order chi connectivity index (χ1) is 18.4. The van der Waals surface area contributed by atoms with E-state index in [4.69, 9.17) is 23.2 Å². The van der Waals surface area contributed by atoms with Crippen molar-refractivity contribution in [3.05, 3.63) is 94.0 Å². The SMILES string of the molecule is CC[C@H](C)NC(=O)[C@@H](C)N(Cc1ccc(Cl)cc1)C(=O)CN(c1cccc(Cl)c1C)S(=O)(=O)c1ccccc1. The zero-order valence-electron chi connectivity index (χ0n) is 22.4. The highest BCUT2D eigenvalue weighted by Crippen LogP contribution is 2.31. The smallest absolute Gasteiger partial charge is 0.264 e. The summed E-state index contributed by atoms with van der Waals surface area (Å²) in [5, 5.41) is 3.82. The predicted octanol–water partition coefficient (Wildman–Crippen LogP) is 5.83. The van der Waals surface area contributed by atoms with Crippen molar-refractivity contribution in [2.24, 2.45) is 0 Å². The molecule has 0 fully saturated rings. The molecule has 0 spiro atoms. The molecule has 2 amide bonds. The van der Waals surface area contributed by atoms with Crippen LogP contribution in [0.2, 0.25) is 10.0 Å². The van der Waals surface area contributed by atoms with Crippen molar-refractivity contribution in [1.29, 1.82) is 0 Å². The summed E-state index contributed by atoms with van der Waals surface area (Å²) >= 11 is 12.4. The van der Waals surface area contributed by atoms with E-state index in [0.29, 0.717) is 15.6 Å². The van der Waals surface area contributed by atoms with Crippen LogP contribution in [0.4, 0.5) is 5.69 Å². The maximum Gasteiger partial charge on any atom is 0.264 e.